The summed E-state index contributed by atoms with van der Waals surface area (Å²) >= 11 is 0. The maximum atomic E-state index is 5.70. The zero-order valence-electron chi connectivity index (χ0n) is 9.94. The van der Waals surface area contributed by atoms with Gasteiger partial charge in [-0.05, 0) is 18.6 Å². The first-order valence-corrected chi connectivity index (χ1v) is 5.84. The number of likely N-dealkylation sites (N-methyl/N-ethyl adjacent to an activating group) is 1. The molecule has 1 aromatic heterocycles. The largest absolute Gasteiger partial charge is 0.490 e. The van der Waals surface area contributed by atoms with Crippen molar-refractivity contribution in [3.8, 4) is 5.75 Å². The Morgan fingerprint density at radius 3 is 3.00 bits per heavy atom. The molecule has 1 aromatic rings. The molecule has 1 aliphatic heterocycles. The fourth-order valence-electron chi connectivity index (χ4n) is 1.69. The Morgan fingerprint density at radius 2 is 2.38 bits per heavy atom. The van der Waals surface area contributed by atoms with E-state index in [-0.39, 0.29) is 0 Å². The number of anilines is 1. The highest BCUT2D eigenvalue weighted by molar-refractivity contribution is 5.52. The van der Waals surface area contributed by atoms with Gasteiger partial charge in [0.15, 0.2) is 11.6 Å². The van der Waals surface area contributed by atoms with Gasteiger partial charge in [-0.1, -0.05) is 6.92 Å². The molecule has 0 saturated carbocycles. The van der Waals surface area contributed by atoms with Crippen LogP contribution in [0.5, 0.6) is 5.75 Å². The Hall–Kier alpha value is -1.29. The second kappa shape index (κ2) is 5.16. The minimum atomic E-state index is 0.541. The molecule has 0 bridgehead atoms. The van der Waals surface area contributed by atoms with Crippen molar-refractivity contribution in [3.63, 3.8) is 0 Å². The Balaban J connectivity index is 2.11. The lowest BCUT2D eigenvalue weighted by molar-refractivity contribution is 0.314. The first kappa shape index (κ1) is 11.2. The van der Waals surface area contributed by atoms with E-state index in [0.29, 0.717) is 6.04 Å². The zero-order chi connectivity index (χ0) is 11.4. The SMILES string of the molecule is CCCOc1cccnc1N(C)C1CNC1. The number of ether oxygens (including phenoxy) is 1. The van der Waals surface area contributed by atoms with Crippen molar-refractivity contribution in [2.24, 2.45) is 0 Å². The lowest BCUT2D eigenvalue weighted by Gasteiger charge is -2.36. The number of aromatic nitrogens is 1. The van der Waals surface area contributed by atoms with E-state index in [1.165, 1.54) is 0 Å². The van der Waals surface area contributed by atoms with Crippen LogP contribution < -0.4 is 15.0 Å². The fraction of sp³-hybridized carbons (Fsp3) is 0.583. The van der Waals surface area contributed by atoms with E-state index in [4.69, 9.17) is 4.74 Å². The molecule has 0 spiro atoms. The Labute approximate surface area is 96.6 Å². The highest BCUT2D eigenvalue weighted by Gasteiger charge is 2.24. The van der Waals surface area contributed by atoms with E-state index in [1.807, 2.05) is 18.3 Å². The normalized spacial score (nSPS) is 15.6. The van der Waals surface area contributed by atoms with Gasteiger partial charge in [-0.25, -0.2) is 4.98 Å². The van der Waals surface area contributed by atoms with Crippen molar-refractivity contribution >= 4 is 5.82 Å². The van der Waals surface area contributed by atoms with Gasteiger partial charge in [0, 0.05) is 26.3 Å². The summed E-state index contributed by atoms with van der Waals surface area (Å²) in [7, 11) is 2.08. The van der Waals surface area contributed by atoms with E-state index in [1.54, 1.807) is 0 Å². The summed E-state index contributed by atoms with van der Waals surface area (Å²) in [5.41, 5.74) is 0. The van der Waals surface area contributed by atoms with Crippen LogP contribution in [-0.2, 0) is 0 Å². The summed E-state index contributed by atoms with van der Waals surface area (Å²) in [6.07, 6.45) is 2.83. The summed E-state index contributed by atoms with van der Waals surface area (Å²) in [5.74, 6) is 1.83. The summed E-state index contributed by atoms with van der Waals surface area (Å²) in [5, 5.41) is 3.26. The first-order valence-electron chi connectivity index (χ1n) is 5.84. The van der Waals surface area contributed by atoms with Crippen LogP contribution in [0.4, 0.5) is 5.82 Å². The van der Waals surface area contributed by atoms with Crippen LogP contribution in [0.1, 0.15) is 13.3 Å². The van der Waals surface area contributed by atoms with Crippen molar-refractivity contribution in [2.45, 2.75) is 19.4 Å². The summed E-state index contributed by atoms with van der Waals surface area (Å²) in [6.45, 7) is 4.91. The average molecular weight is 221 g/mol. The molecule has 88 valence electrons. The summed E-state index contributed by atoms with van der Waals surface area (Å²) in [6, 6.07) is 4.45. The van der Waals surface area contributed by atoms with E-state index in [2.05, 4.69) is 29.2 Å². The number of hydrogen-bond donors (Lipinski definition) is 1. The molecule has 2 rings (SSSR count). The van der Waals surface area contributed by atoms with Crippen LogP contribution in [0.15, 0.2) is 18.3 Å². The van der Waals surface area contributed by atoms with Gasteiger partial charge in [0.25, 0.3) is 0 Å². The molecule has 0 atom stereocenters. The van der Waals surface area contributed by atoms with Gasteiger partial charge in [-0.3, -0.25) is 0 Å². The fourth-order valence-corrected chi connectivity index (χ4v) is 1.69. The van der Waals surface area contributed by atoms with Crippen molar-refractivity contribution in [1.82, 2.24) is 10.3 Å². The van der Waals surface area contributed by atoms with Crippen LogP contribution in [0.2, 0.25) is 0 Å². The molecule has 2 heterocycles. The molecule has 1 N–H and O–H groups in total. The molecular formula is C12H19N3O. The van der Waals surface area contributed by atoms with Crippen LogP contribution in [0.25, 0.3) is 0 Å². The number of rotatable bonds is 5. The molecule has 1 aliphatic rings. The van der Waals surface area contributed by atoms with Gasteiger partial charge in [-0.2, -0.15) is 0 Å². The first-order chi connectivity index (χ1) is 7.83. The molecule has 0 amide bonds. The van der Waals surface area contributed by atoms with E-state index >= 15 is 0 Å². The van der Waals surface area contributed by atoms with Crippen molar-refractivity contribution in [3.05, 3.63) is 18.3 Å². The highest BCUT2D eigenvalue weighted by Crippen LogP contribution is 2.26. The molecule has 1 fully saturated rings. The third-order valence-electron chi connectivity index (χ3n) is 2.85. The zero-order valence-corrected chi connectivity index (χ0v) is 9.94. The number of nitrogens with zero attached hydrogens (tertiary/aromatic N) is 2. The van der Waals surface area contributed by atoms with E-state index in [0.717, 1.165) is 37.7 Å². The van der Waals surface area contributed by atoms with Crippen molar-refractivity contribution in [1.29, 1.82) is 0 Å². The van der Waals surface area contributed by atoms with Crippen LogP contribution in [0.3, 0.4) is 0 Å². The Kier molecular flexibility index (Phi) is 3.62. The molecule has 0 aromatic carbocycles. The van der Waals surface area contributed by atoms with Gasteiger partial charge >= 0.3 is 0 Å². The monoisotopic (exact) mass is 221 g/mol. The number of hydrogen-bond acceptors (Lipinski definition) is 4. The van der Waals surface area contributed by atoms with Crippen molar-refractivity contribution < 1.29 is 4.74 Å². The summed E-state index contributed by atoms with van der Waals surface area (Å²) in [4.78, 5) is 6.60. The van der Waals surface area contributed by atoms with Crippen LogP contribution >= 0.6 is 0 Å². The smallest absolute Gasteiger partial charge is 0.171 e. The molecule has 0 aliphatic carbocycles. The molecule has 16 heavy (non-hydrogen) atoms. The second-order valence-corrected chi connectivity index (χ2v) is 4.10. The topological polar surface area (TPSA) is 37.4 Å². The number of nitrogens with one attached hydrogen (secondary N) is 1. The molecule has 0 radical (unpaired) electrons. The minimum Gasteiger partial charge on any atom is -0.490 e. The third kappa shape index (κ3) is 2.27. The predicted molar refractivity (Wildman–Crippen MR) is 65.1 cm³/mol. The maximum Gasteiger partial charge on any atom is 0.171 e. The number of pyridine rings is 1. The maximum absolute atomic E-state index is 5.70. The molecular weight excluding hydrogens is 202 g/mol. The highest BCUT2D eigenvalue weighted by atomic mass is 16.5. The van der Waals surface area contributed by atoms with Crippen LogP contribution in [-0.4, -0.2) is 37.8 Å². The van der Waals surface area contributed by atoms with Gasteiger partial charge in [0.2, 0.25) is 0 Å². The van der Waals surface area contributed by atoms with Crippen molar-refractivity contribution in [2.75, 3.05) is 31.6 Å². The lowest BCUT2D eigenvalue weighted by atomic mass is 10.1. The van der Waals surface area contributed by atoms with Gasteiger partial charge in [-0.15, -0.1) is 0 Å². The van der Waals surface area contributed by atoms with E-state index < -0.39 is 0 Å². The quantitative estimate of drug-likeness (QED) is 0.812. The minimum absolute atomic E-state index is 0.541. The Morgan fingerprint density at radius 1 is 1.56 bits per heavy atom. The second-order valence-electron chi connectivity index (χ2n) is 4.10. The van der Waals surface area contributed by atoms with E-state index in [9.17, 15) is 0 Å². The molecule has 1 saturated heterocycles. The Bertz CT molecular complexity index is 339. The van der Waals surface area contributed by atoms with Gasteiger partial charge < -0.3 is 15.0 Å². The van der Waals surface area contributed by atoms with Gasteiger partial charge in [0.1, 0.15) is 0 Å². The van der Waals surface area contributed by atoms with Gasteiger partial charge in [0.05, 0.1) is 12.6 Å². The lowest BCUT2D eigenvalue weighted by Crippen LogP contribution is -2.56. The molecule has 0 unspecified atom stereocenters. The third-order valence-corrected chi connectivity index (χ3v) is 2.85. The molecule has 4 heteroatoms. The van der Waals surface area contributed by atoms with Crippen LogP contribution in [0, 0.1) is 0 Å². The standard InChI is InChI=1S/C12H19N3O/c1-3-7-16-11-5-4-6-14-12(11)15(2)10-8-13-9-10/h4-6,10,13H,3,7-9H2,1-2H3. The predicted octanol–water partition coefficient (Wildman–Crippen LogP) is 1.28. The average Bonchev–Trinajstić information content (AvgIpc) is 2.24. The molecule has 4 nitrogen and oxygen atoms in total. The summed E-state index contributed by atoms with van der Waals surface area (Å²) < 4.78 is 5.70.